The van der Waals surface area contributed by atoms with Crippen molar-refractivity contribution in [3.05, 3.63) is 53.1 Å². The second-order valence-electron chi connectivity index (χ2n) is 5.23. The zero-order chi connectivity index (χ0) is 15.9. The van der Waals surface area contributed by atoms with Gasteiger partial charge in [0, 0.05) is 17.7 Å². The summed E-state index contributed by atoms with van der Waals surface area (Å²) < 4.78 is 28.5. The molecule has 0 bridgehead atoms. The van der Waals surface area contributed by atoms with Crippen LogP contribution in [0.15, 0.2) is 30.3 Å². The molecule has 0 aliphatic rings. The Morgan fingerprint density at radius 3 is 2.50 bits per heavy atom. The number of rotatable bonds is 2. The van der Waals surface area contributed by atoms with E-state index in [4.69, 9.17) is 5.26 Å². The predicted molar refractivity (Wildman–Crippen MR) is 80.2 cm³/mol. The quantitative estimate of drug-likeness (QED) is 0.714. The van der Waals surface area contributed by atoms with Crippen LogP contribution < -0.4 is 0 Å². The van der Waals surface area contributed by atoms with E-state index in [1.54, 1.807) is 4.57 Å². The summed E-state index contributed by atoms with van der Waals surface area (Å²) in [6.07, 6.45) is 0. The van der Waals surface area contributed by atoms with Gasteiger partial charge in [0.15, 0.2) is 11.6 Å². The van der Waals surface area contributed by atoms with E-state index < -0.39 is 11.6 Å². The number of halogens is 2. The number of fused-ring (bicyclic) bond motifs is 1. The van der Waals surface area contributed by atoms with Crippen molar-refractivity contribution in [1.82, 2.24) is 9.55 Å². The molecule has 0 saturated carbocycles. The molecule has 3 nitrogen and oxygen atoms in total. The zero-order valence-corrected chi connectivity index (χ0v) is 12.2. The standard InChI is InChI=1S/C17H13F2N3/c1-10-3-4-12(7-11(10)2)17-21-15-8-13(18)14(19)9-16(15)22(17)6-5-20/h3-4,7-9H,6H2,1-2H3. The summed E-state index contributed by atoms with van der Waals surface area (Å²) in [5.41, 5.74) is 3.79. The van der Waals surface area contributed by atoms with E-state index in [1.165, 1.54) is 0 Å². The molecule has 3 aromatic rings. The lowest BCUT2D eigenvalue weighted by Gasteiger charge is -2.07. The molecule has 0 N–H and O–H groups in total. The molecule has 0 radical (unpaired) electrons. The lowest BCUT2D eigenvalue weighted by Crippen LogP contribution is -1.99. The maximum Gasteiger partial charge on any atom is 0.161 e. The third kappa shape index (κ3) is 2.23. The average Bonchev–Trinajstić information content (AvgIpc) is 2.81. The van der Waals surface area contributed by atoms with Crippen molar-refractivity contribution in [3.8, 4) is 17.5 Å². The van der Waals surface area contributed by atoms with Gasteiger partial charge in [0.05, 0.1) is 17.1 Å². The number of nitriles is 1. The van der Waals surface area contributed by atoms with Gasteiger partial charge >= 0.3 is 0 Å². The van der Waals surface area contributed by atoms with Crippen LogP contribution in [0, 0.1) is 36.8 Å². The third-order valence-electron chi connectivity index (χ3n) is 3.78. The summed E-state index contributed by atoms with van der Waals surface area (Å²) in [5.74, 6) is -1.36. The van der Waals surface area contributed by atoms with Gasteiger partial charge in [-0.25, -0.2) is 13.8 Å². The number of hydrogen-bond donors (Lipinski definition) is 0. The smallest absolute Gasteiger partial charge is 0.161 e. The van der Waals surface area contributed by atoms with Crippen LogP contribution in [-0.4, -0.2) is 9.55 Å². The molecule has 22 heavy (non-hydrogen) atoms. The maximum absolute atomic E-state index is 13.5. The first-order valence-electron chi connectivity index (χ1n) is 6.81. The largest absolute Gasteiger partial charge is 0.310 e. The van der Waals surface area contributed by atoms with E-state index in [-0.39, 0.29) is 6.54 Å². The topological polar surface area (TPSA) is 41.6 Å². The summed E-state index contributed by atoms with van der Waals surface area (Å²) in [6, 6.07) is 9.99. The third-order valence-corrected chi connectivity index (χ3v) is 3.78. The monoisotopic (exact) mass is 297 g/mol. The van der Waals surface area contributed by atoms with Crippen LogP contribution in [0.3, 0.4) is 0 Å². The van der Waals surface area contributed by atoms with Crippen molar-refractivity contribution >= 4 is 11.0 Å². The van der Waals surface area contributed by atoms with Crippen LogP contribution in [0.1, 0.15) is 11.1 Å². The summed E-state index contributed by atoms with van der Waals surface area (Å²) in [7, 11) is 0. The van der Waals surface area contributed by atoms with E-state index in [9.17, 15) is 8.78 Å². The van der Waals surface area contributed by atoms with E-state index in [2.05, 4.69) is 4.98 Å². The van der Waals surface area contributed by atoms with Crippen molar-refractivity contribution in [2.24, 2.45) is 0 Å². The van der Waals surface area contributed by atoms with Gasteiger partial charge < -0.3 is 4.57 Å². The van der Waals surface area contributed by atoms with Crippen LogP contribution in [-0.2, 0) is 6.54 Å². The van der Waals surface area contributed by atoms with Gasteiger partial charge in [0.25, 0.3) is 0 Å². The van der Waals surface area contributed by atoms with Crippen molar-refractivity contribution < 1.29 is 8.78 Å². The van der Waals surface area contributed by atoms with Crippen molar-refractivity contribution in [2.75, 3.05) is 0 Å². The van der Waals surface area contributed by atoms with Gasteiger partial charge in [-0.3, -0.25) is 0 Å². The Kier molecular flexibility index (Phi) is 3.38. The molecule has 0 aliphatic heterocycles. The Balaban J connectivity index is 2.30. The highest BCUT2D eigenvalue weighted by atomic mass is 19.2. The molecule has 0 fully saturated rings. The first-order chi connectivity index (χ1) is 10.5. The molecule has 0 atom stereocenters. The molecule has 5 heteroatoms. The summed E-state index contributed by atoms with van der Waals surface area (Å²) in [6.45, 7) is 4.00. The van der Waals surface area contributed by atoms with Crippen LogP contribution in [0.2, 0.25) is 0 Å². The molecule has 0 amide bonds. The minimum absolute atomic E-state index is 0.0177. The van der Waals surface area contributed by atoms with Gasteiger partial charge in [0.2, 0.25) is 0 Å². The highest BCUT2D eigenvalue weighted by Crippen LogP contribution is 2.27. The molecule has 0 aliphatic carbocycles. The zero-order valence-electron chi connectivity index (χ0n) is 12.2. The Bertz CT molecular complexity index is 920. The Morgan fingerprint density at radius 1 is 1.09 bits per heavy atom. The highest BCUT2D eigenvalue weighted by molar-refractivity contribution is 5.81. The number of nitrogens with zero attached hydrogens (tertiary/aromatic N) is 3. The maximum atomic E-state index is 13.5. The fourth-order valence-corrected chi connectivity index (χ4v) is 2.45. The van der Waals surface area contributed by atoms with Gasteiger partial charge in [-0.2, -0.15) is 5.26 Å². The summed E-state index contributed by atoms with van der Waals surface area (Å²) >= 11 is 0. The summed E-state index contributed by atoms with van der Waals surface area (Å²) in [5, 5.41) is 9.03. The van der Waals surface area contributed by atoms with E-state index in [0.29, 0.717) is 16.9 Å². The van der Waals surface area contributed by atoms with Crippen LogP contribution in [0.5, 0.6) is 0 Å². The minimum atomic E-state index is -0.946. The lowest BCUT2D eigenvalue weighted by atomic mass is 10.1. The van der Waals surface area contributed by atoms with E-state index in [1.807, 2.05) is 38.1 Å². The molecular formula is C17H13F2N3. The molecule has 1 aromatic heterocycles. The molecule has 0 saturated heterocycles. The fourth-order valence-electron chi connectivity index (χ4n) is 2.45. The van der Waals surface area contributed by atoms with Crippen LogP contribution >= 0.6 is 0 Å². The number of aromatic nitrogens is 2. The van der Waals surface area contributed by atoms with E-state index >= 15 is 0 Å². The first kappa shape index (κ1) is 14.2. The molecule has 2 aromatic carbocycles. The molecule has 110 valence electrons. The molecular weight excluding hydrogens is 284 g/mol. The lowest BCUT2D eigenvalue weighted by molar-refractivity contribution is 0.510. The summed E-state index contributed by atoms with van der Waals surface area (Å²) in [4.78, 5) is 4.38. The fraction of sp³-hybridized carbons (Fsp3) is 0.176. The van der Waals surface area contributed by atoms with E-state index in [0.717, 1.165) is 28.8 Å². The number of hydrogen-bond acceptors (Lipinski definition) is 2. The first-order valence-corrected chi connectivity index (χ1v) is 6.81. The molecule has 0 spiro atoms. The second-order valence-corrected chi connectivity index (χ2v) is 5.23. The number of benzene rings is 2. The van der Waals surface area contributed by atoms with Crippen LogP contribution in [0.25, 0.3) is 22.4 Å². The normalized spacial score (nSPS) is 10.9. The molecule has 3 rings (SSSR count). The average molecular weight is 297 g/mol. The Labute approximate surface area is 126 Å². The minimum Gasteiger partial charge on any atom is -0.310 e. The van der Waals surface area contributed by atoms with Crippen molar-refractivity contribution in [2.45, 2.75) is 20.4 Å². The van der Waals surface area contributed by atoms with Crippen molar-refractivity contribution in [1.29, 1.82) is 5.26 Å². The predicted octanol–water partition coefficient (Wildman–Crippen LogP) is 4.12. The molecule has 0 unspecified atom stereocenters. The number of aryl methyl sites for hydroxylation is 2. The van der Waals surface area contributed by atoms with Gasteiger partial charge in [0.1, 0.15) is 12.4 Å². The van der Waals surface area contributed by atoms with Gasteiger partial charge in [-0.1, -0.05) is 12.1 Å². The SMILES string of the molecule is Cc1ccc(-c2nc3cc(F)c(F)cc3n2CC#N)cc1C. The Hall–Kier alpha value is -2.74. The van der Waals surface area contributed by atoms with Gasteiger partial charge in [-0.15, -0.1) is 0 Å². The van der Waals surface area contributed by atoms with Crippen molar-refractivity contribution in [3.63, 3.8) is 0 Å². The number of imidazole rings is 1. The van der Waals surface area contributed by atoms with Gasteiger partial charge in [-0.05, 0) is 31.0 Å². The molecule has 1 heterocycles. The highest BCUT2D eigenvalue weighted by Gasteiger charge is 2.15. The Morgan fingerprint density at radius 2 is 1.82 bits per heavy atom. The second kappa shape index (κ2) is 5.23. The van der Waals surface area contributed by atoms with Crippen LogP contribution in [0.4, 0.5) is 8.78 Å².